The van der Waals surface area contributed by atoms with E-state index in [1.54, 1.807) is 7.11 Å². The second kappa shape index (κ2) is 11.6. The molecule has 1 amide bonds. The monoisotopic (exact) mass is 460 g/mol. The van der Waals surface area contributed by atoms with Gasteiger partial charge in [0.2, 0.25) is 5.91 Å². The molecule has 0 atom stereocenters. The van der Waals surface area contributed by atoms with Gasteiger partial charge >= 0.3 is 0 Å². The molecular formula is C28H32N2O4. The zero-order valence-electron chi connectivity index (χ0n) is 19.9. The fraction of sp³-hybridized carbons (Fsp3) is 0.321. The van der Waals surface area contributed by atoms with Gasteiger partial charge in [-0.15, -0.1) is 0 Å². The van der Waals surface area contributed by atoms with Crippen molar-refractivity contribution in [2.75, 3.05) is 37.2 Å². The summed E-state index contributed by atoms with van der Waals surface area (Å²) < 4.78 is 16.5. The van der Waals surface area contributed by atoms with Crippen molar-refractivity contribution in [2.45, 2.75) is 32.8 Å². The van der Waals surface area contributed by atoms with Crippen LogP contribution in [0.1, 0.15) is 29.5 Å². The highest BCUT2D eigenvalue weighted by Crippen LogP contribution is 2.30. The lowest BCUT2D eigenvalue weighted by Crippen LogP contribution is -2.34. The topological polar surface area (TPSA) is 60.0 Å². The van der Waals surface area contributed by atoms with Gasteiger partial charge in [-0.05, 0) is 79.3 Å². The van der Waals surface area contributed by atoms with Crippen LogP contribution in [0.15, 0.2) is 66.7 Å². The van der Waals surface area contributed by atoms with Crippen molar-refractivity contribution in [3.8, 4) is 11.5 Å². The normalized spacial score (nSPS) is 13.1. The Morgan fingerprint density at radius 2 is 1.85 bits per heavy atom. The SMILES string of the molecule is COCOc1ccc(NC(=O)CN2CCCCc3cc(OCc4ccccc4)ccc32)cc1C. The van der Waals surface area contributed by atoms with E-state index in [-0.39, 0.29) is 12.7 Å². The Bertz CT molecular complexity index is 1100. The molecule has 1 N–H and O–H groups in total. The number of fused-ring (bicyclic) bond motifs is 1. The summed E-state index contributed by atoms with van der Waals surface area (Å²) in [5, 5.41) is 3.02. The number of nitrogens with one attached hydrogen (secondary N) is 1. The third-order valence-corrected chi connectivity index (χ3v) is 5.89. The Morgan fingerprint density at radius 1 is 1.00 bits per heavy atom. The number of hydrogen-bond donors (Lipinski definition) is 1. The zero-order valence-corrected chi connectivity index (χ0v) is 19.9. The van der Waals surface area contributed by atoms with Crippen molar-refractivity contribution in [1.29, 1.82) is 0 Å². The molecule has 0 saturated carbocycles. The molecule has 0 aromatic heterocycles. The van der Waals surface area contributed by atoms with Gasteiger partial charge in [0.05, 0.1) is 6.54 Å². The third kappa shape index (κ3) is 6.29. The number of nitrogens with zero attached hydrogens (tertiary/aromatic N) is 1. The average molecular weight is 461 g/mol. The summed E-state index contributed by atoms with van der Waals surface area (Å²) in [6.45, 7) is 3.84. The van der Waals surface area contributed by atoms with Crippen molar-refractivity contribution >= 4 is 17.3 Å². The van der Waals surface area contributed by atoms with Crippen LogP contribution in [0.4, 0.5) is 11.4 Å². The minimum Gasteiger partial charge on any atom is -0.489 e. The van der Waals surface area contributed by atoms with Crippen LogP contribution in [0.25, 0.3) is 0 Å². The van der Waals surface area contributed by atoms with Crippen LogP contribution in [0, 0.1) is 6.92 Å². The van der Waals surface area contributed by atoms with E-state index in [0.29, 0.717) is 13.2 Å². The van der Waals surface area contributed by atoms with Crippen LogP contribution in [0.2, 0.25) is 0 Å². The Morgan fingerprint density at radius 3 is 2.65 bits per heavy atom. The molecule has 3 aromatic rings. The predicted octanol–water partition coefficient (Wildman–Crippen LogP) is 5.34. The number of benzene rings is 3. The van der Waals surface area contributed by atoms with E-state index >= 15 is 0 Å². The maximum atomic E-state index is 12.9. The first kappa shape index (κ1) is 23.6. The minimum absolute atomic E-state index is 0.0396. The summed E-state index contributed by atoms with van der Waals surface area (Å²) in [4.78, 5) is 15.0. The molecular weight excluding hydrogens is 428 g/mol. The number of anilines is 2. The van der Waals surface area contributed by atoms with E-state index in [4.69, 9.17) is 14.2 Å². The van der Waals surface area contributed by atoms with Gasteiger partial charge in [0.25, 0.3) is 0 Å². The highest BCUT2D eigenvalue weighted by atomic mass is 16.7. The highest BCUT2D eigenvalue weighted by molar-refractivity contribution is 5.94. The maximum Gasteiger partial charge on any atom is 0.243 e. The van der Waals surface area contributed by atoms with E-state index in [0.717, 1.165) is 59.8 Å². The lowest BCUT2D eigenvalue weighted by molar-refractivity contribution is -0.115. The number of hydrogen-bond acceptors (Lipinski definition) is 5. The first-order valence-corrected chi connectivity index (χ1v) is 11.7. The first-order chi connectivity index (χ1) is 16.6. The zero-order chi connectivity index (χ0) is 23.8. The second-order valence-corrected chi connectivity index (χ2v) is 8.52. The van der Waals surface area contributed by atoms with Crippen LogP contribution >= 0.6 is 0 Å². The minimum atomic E-state index is -0.0396. The fourth-order valence-electron chi connectivity index (χ4n) is 4.19. The number of rotatable bonds is 9. The van der Waals surface area contributed by atoms with Crippen LogP contribution in [-0.4, -0.2) is 32.9 Å². The van der Waals surface area contributed by atoms with Crippen LogP contribution in [0.5, 0.6) is 11.5 Å². The Kier molecular flexibility index (Phi) is 8.04. The summed E-state index contributed by atoms with van der Waals surface area (Å²) in [5.41, 5.74) is 5.18. The van der Waals surface area contributed by atoms with E-state index in [1.165, 1.54) is 5.56 Å². The molecule has 0 unspecified atom stereocenters. The predicted molar refractivity (Wildman–Crippen MR) is 135 cm³/mol. The quantitative estimate of drug-likeness (QED) is 0.437. The lowest BCUT2D eigenvalue weighted by atomic mass is 10.1. The van der Waals surface area contributed by atoms with Gasteiger partial charge in [0, 0.05) is 25.0 Å². The summed E-state index contributed by atoms with van der Waals surface area (Å²) in [6, 6.07) is 22.0. The molecule has 6 heteroatoms. The summed E-state index contributed by atoms with van der Waals surface area (Å²) in [7, 11) is 1.59. The average Bonchev–Trinajstić information content (AvgIpc) is 3.04. The van der Waals surface area contributed by atoms with Crippen molar-refractivity contribution in [2.24, 2.45) is 0 Å². The van der Waals surface area contributed by atoms with E-state index in [2.05, 4.69) is 34.5 Å². The van der Waals surface area contributed by atoms with E-state index in [1.807, 2.05) is 49.4 Å². The van der Waals surface area contributed by atoms with E-state index in [9.17, 15) is 4.79 Å². The molecule has 1 heterocycles. The molecule has 4 rings (SSSR count). The molecule has 6 nitrogen and oxygen atoms in total. The molecule has 0 saturated heterocycles. The van der Waals surface area contributed by atoms with Gasteiger partial charge in [0.15, 0.2) is 6.79 Å². The molecule has 0 spiro atoms. The van der Waals surface area contributed by atoms with Gasteiger partial charge in [-0.3, -0.25) is 4.79 Å². The molecule has 0 radical (unpaired) electrons. The number of aryl methyl sites for hydroxylation is 2. The van der Waals surface area contributed by atoms with Crippen LogP contribution in [-0.2, 0) is 22.6 Å². The van der Waals surface area contributed by atoms with Crippen molar-refractivity contribution in [3.63, 3.8) is 0 Å². The van der Waals surface area contributed by atoms with Crippen molar-refractivity contribution in [1.82, 2.24) is 0 Å². The number of carbonyl (C=O) groups is 1. The summed E-state index contributed by atoms with van der Waals surface area (Å²) in [6.07, 6.45) is 3.13. The summed E-state index contributed by atoms with van der Waals surface area (Å²) in [5.74, 6) is 1.56. The number of amides is 1. The number of ether oxygens (including phenoxy) is 3. The van der Waals surface area contributed by atoms with Gasteiger partial charge in [-0.25, -0.2) is 0 Å². The molecule has 0 fully saturated rings. The largest absolute Gasteiger partial charge is 0.489 e. The smallest absolute Gasteiger partial charge is 0.243 e. The fourth-order valence-corrected chi connectivity index (χ4v) is 4.19. The van der Waals surface area contributed by atoms with Crippen molar-refractivity contribution < 1.29 is 19.0 Å². The second-order valence-electron chi connectivity index (χ2n) is 8.52. The molecule has 1 aliphatic rings. The molecule has 0 aliphatic carbocycles. The van der Waals surface area contributed by atoms with Crippen LogP contribution in [0.3, 0.4) is 0 Å². The van der Waals surface area contributed by atoms with Crippen molar-refractivity contribution in [3.05, 3.63) is 83.4 Å². The Labute approximate surface area is 201 Å². The highest BCUT2D eigenvalue weighted by Gasteiger charge is 2.19. The lowest BCUT2D eigenvalue weighted by Gasteiger charge is -2.25. The molecule has 3 aromatic carbocycles. The van der Waals surface area contributed by atoms with Gasteiger partial charge in [0.1, 0.15) is 18.1 Å². The summed E-state index contributed by atoms with van der Waals surface area (Å²) >= 11 is 0. The Hall–Kier alpha value is -3.51. The third-order valence-electron chi connectivity index (χ3n) is 5.89. The van der Waals surface area contributed by atoms with Gasteiger partial charge in [-0.1, -0.05) is 30.3 Å². The van der Waals surface area contributed by atoms with E-state index < -0.39 is 0 Å². The standard InChI is InChI=1S/C28H32N2O4/c1-21-16-24(11-14-27(21)34-20-32-2)29-28(31)18-30-15-7-6-10-23-17-25(12-13-26(23)30)33-19-22-8-4-3-5-9-22/h3-5,8-9,11-14,16-17H,6-7,10,15,18-20H2,1-2H3,(H,29,31). The van der Waals surface area contributed by atoms with Gasteiger partial charge in [-0.2, -0.15) is 0 Å². The van der Waals surface area contributed by atoms with Gasteiger partial charge < -0.3 is 24.4 Å². The molecule has 178 valence electrons. The van der Waals surface area contributed by atoms with Crippen LogP contribution < -0.4 is 19.7 Å². The molecule has 0 bridgehead atoms. The molecule has 1 aliphatic heterocycles. The number of carbonyl (C=O) groups excluding carboxylic acids is 1. The first-order valence-electron chi connectivity index (χ1n) is 11.7. The maximum absolute atomic E-state index is 12.9. The Balaban J connectivity index is 1.39. The molecule has 34 heavy (non-hydrogen) atoms. The number of methoxy groups -OCH3 is 1.